The van der Waals surface area contributed by atoms with E-state index in [9.17, 15) is 4.79 Å². The van der Waals surface area contributed by atoms with Crippen molar-refractivity contribution in [3.8, 4) is 0 Å². The van der Waals surface area contributed by atoms with Gasteiger partial charge in [0.05, 0.1) is 6.04 Å². The van der Waals surface area contributed by atoms with Gasteiger partial charge in [-0.1, -0.05) is 26.2 Å². The van der Waals surface area contributed by atoms with Gasteiger partial charge in [-0.2, -0.15) is 0 Å². The molecule has 1 fully saturated rings. The van der Waals surface area contributed by atoms with E-state index >= 15 is 0 Å². The Morgan fingerprint density at radius 1 is 1.40 bits per heavy atom. The molecule has 1 aliphatic rings. The molecule has 1 aliphatic heterocycles. The van der Waals surface area contributed by atoms with Gasteiger partial charge < -0.3 is 4.90 Å². The summed E-state index contributed by atoms with van der Waals surface area (Å²) in [4.78, 5) is 17.1. The van der Waals surface area contributed by atoms with Crippen molar-refractivity contribution in [1.82, 2.24) is 10.2 Å². The Bertz CT molecular complexity index is 457. The van der Waals surface area contributed by atoms with Crippen molar-refractivity contribution in [2.45, 2.75) is 71.6 Å². The fourth-order valence-electron chi connectivity index (χ4n) is 2.86. The number of carbonyl (C=O) groups is 1. The van der Waals surface area contributed by atoms with E-state index in [4.69, 9.17) is 0 Å². The molecule has 0 aliphatic carbocycles. The zero-order valence-corrected chi connectivity index (χ0v) is 13.8. The van der Waals surface area contributed by atoms with Gasteiger partial charge in [-0.25, -0.2) is 0 Å². The molecule has 20 heavy (non-hydrogen) atoms. The number of hydrogen-bond donors (Lipinski definition) is 1. The maximum absolute atomic E-state index is 12.4. The first kappa shape index (κ1) is 15.5. The molecule has 1 aromatic heterocycles. The van der Waals surface area contributed by atoms with Crippen LogP contribution >= 0.6 is 11.3 Å². The summed E-state index contributed by atoms with van der Waals surface area (Å²) in [6.45, 7) is 8.48. The second-order valence-electron chi connectivity index (χ2n) is 5.83. The predicted molar refractivity (Wildman–Crippen MR) is 84.8 cm³/mol. The number of rotatable bonds is 6. The quantitative estimate of drug-likeness (QED) is 0.808. The number of hydrogen-bond acceptors (Lipinski definition) is 3. The van der Waals surface area contributed by atoms with Crippen molar-refractivity contribution in [3.05, 3.63) is 21.9 Å². The average molecular weight is 294 g/mol. The van der Waals surface area contributed by atoms with Gasteiger partial charge in [0, 0.05) is 15.8 Å². The maximum Gasteiger partial charge on any atom is 0.241 e. The van der Waals surface area contributed by atoms with E-state index in [0.717, 1.165) is 6.42 Å². The van der Waals surface area contributed by atoms with Gasteiger partial charge in [0.1, 0.15) is 6.17 Å². The van der Waals surface area contributed by atoms with E-state index in [1.807, 2.05) is 6.92 Å². The Kier molecular flexibility index (Phi) is 5.22. The number of unbranched alkanes of at least 4 members (excludes halogenated alkanes) is 2. The highest BCUT2D eigenvalue weighted by atomic mass is 32.1. The van der Waals surface area contributed by atoms with E-state index in [0.29, 0.717) is 6.04 Å². The third-order valence-electron chi connectivity index (χ3n) is 4.04. The second kappa shape index (κ2) is 6.72. The molecule has 0 radical (unpaired) electrons. The Morgan fingerprint density at radius 2 is 2.15 bits per heavy atom. The number of nitrogens with zero attached hydrogens (tertiary/aromatic N) is 1. The first-order valence-corrected chi connectivity index (χ1v) is 8.50. The molecule has 1 saturated heterocycles. The predicted octanol–water partition coefficient (Wildman–Crippen LogP) is 3.84. The van der Waals surface area contributed by atoms with Gasteiger partial charge in [0.2, 0.25) is 5.91 Å². The Morgan fingerprint density at radius 3 is 2.75 bits per heavy atom. The molecule has 0 bridgehead atoms. The molecular formula is C16H26N2OS. The molecule has 3 nitrogen and oxygen atoms in total. The van der Waals surface area contributed by atoms with Crippen molar-refractivity contribution in [2.75, 3.05) is 0 Å². The van der Waals surface area contributed by atoms with Crippen LogP contribution in [0.4, 0.5) is 0 Å². The zero-order valence-electron chi connectivity index (χ0n) is 13.0. The highest BCUT2D eigenvalue weighted by Crippen LogP contribution is 2.32. The van der Waals surface area contributed by atoms with E-state index in [1.165, 1.54) is 29.0 Å². The van der Waals surface area contributed by atoms with Crippen LogP contribution in [0.2, 0.25) is 0 Å². The molecule has 4 heteroatoms. The molecule has 0 spiro atoms. The van der Waals surface area contributed by atoms with Crippen LogP contribution in [0.25, 0.3) is 0 Å². The summed E-state index contributed by atoms with van der Waals surface area (Å²) in [5, 5.41) is 3.44. The molecule has 112 valence electrons. The Hall–Kier alpha value is -0.870. The lowest BCUT2D eigenvalue weighted by molar-refractivity contribution is -0.131. The fraction of sp³-hybridized carbons (Fsp3) is 0.688. The summed E-state index contributed by atoms with van der Waals surface area (Å²) < 4.78 is 0. The van der Waals surface area contributed by atoms with Gasteiger partial charge in [0.15, 0.2) is 0 Å². The van der Waals surface area contributed by atoms with Crippen LogP contribution < -0.4 is 5.32 Å². The summed E-state index contributed by atoms with van der Waals surface area (Å²) in [6, 6.07) is 4.51. The van der Waals surface area contributed by atoms with E-state index < -0.39 is 0 Å². The number of carbonyl (C=O) groups excluding carboxylic acids is 1. The van der Waals surface area contributed by atoms with E-state index in [1.54, 1.807) is 11.3 Å². The van der Waals surface area contributed by atoms with Crippen molar-refractivity contribution in [3.63, 3.8) is 0 Å². The molecule has 0 aromatic carbocycles. The lowest BCUT2D eigenvalue weighted by atomic mass is 10.1. The third kappa shape index (κ3) is 3.23. The molecular weight excluding hydrogens is 268 g/mol. The fourth-order valence-corrected chi connectivity index (χ4v) is 3.80. The molecule has 2 heterocycles. The highest BCUT2D eigenvalue weighted by molar-refractivity contribution is 7.12. The smallest absolute Gasteiger partial charge is 0.241 e. The topological polar surface area (TPSA) is 32.3 Å². The minimum Gasteiger partial charge on any atom is -0.318 e. The van der Waals surface area contributed by atoms with Crippen LogP contribution in [0.3, 0.4) is 0 Å². The van der Waals surface area contributed by atoms with Gasteiger partial charge >= 0.3 is 0 Å². The Balaban J connectivity index is 2.11. The summed E-state index contributed by atoms with van der Waals surface area (Å²) >= 11 is 1.78. The molecule has 1 amide bonds. The van der Waals surface area contributed by atoms with Crippen molar-refractivity contribution >= 4 is 17.2 Å². The van der Waals surface area contributed by atoms with Crippen LogP contribution in [0.1, 0.15) is 62.4 Å². The molecule has 0 saturated carbocycles. The first-order valence-electron chi connectivity index (χ1n) is 7.69. The average Bonchev–Trinajstić information content (AvgIpc) is 2.95. The van der Waals surface area contributed by atoms with Gasteiger partial charge in [-0.05, 0) is 39.3 Å². The van der Waals surface area contributed by atoms with E-state index in [2.05, 4.69) is 43.1 Å². The van der Waals surface area contributed by atoms with Crippen molar-refractivity contribution < 1.29 is 4.79 Å². The number of nitrogens with one attached hydrogen (secondary N) is 1. The van der Waals surface area contributed by atoms with Crippen LogP contribution in [0.5, 0.6) is 0 Å². The first-order chi connectivity index (χ1) is 9.54. The van der Waals surface area contributed by atoms with Gasteiger partial charge in [-0.3, -0.25) is 10.1 Å². The normalized spacial score (nSPS) is 24.4. The van der Waals surface area contributed by atoms with Crippen LogP contribution in [0, 0.1) is 6.92 Å². The summed E-state index contributed by atoms with van der Waals surface area (Å²) in [6.07, 6.45) is 4.83. The van der Waals surface area contributed by atoms with Crippen LogP contribution in [-0.2, 0) is 4.79 Å². The van der Waals surface area contributed by atoms with Gasteiger partial charge in [-0.15, -0.1) is 11.3 Å². The number of amides is 1. The van der Waals surface area contributed by atoms with Crippen molar-refractivity contribution in [2.24, 2.45) is 0 Å². The molecule has 2 rings (SSSR count). The lowest BCUT2D eigenvalue weighted by Crippen LogP contribution is -2.38. The zero-order chi connectivity index (χ0) is 14.7. The Labute approximate surface area is 126 Å². The standard InChI is InChI=1S/C16H26N2OS/c1-5-6-7-8-11(2)18-15(17-13(4)16(18)19)14-10-9-12(3)20-14/h9-11,13,15,17H,5-8H2,1-4H3. The summed E-state index contributed by atoms with van der Waals surface area (Å²) in [5.74, 6) is 0.241. The summed E-state index contributed by atoms with van der Waals surface area (Å²) in [7, 11) is 0. The van der Waals surface area contributed by atoms with Crippen molar-refractivity contribution in [1.29, 1.82) is 0 Å². The highest BCUT2D eigenvalue weighted by Gasteiger charge is 2.40. The van der Waals surface area contributed by atoms with Gasteiger partial charge in [0.25, 0.3) is 0 Å². The minimum absolute atomic E-state index is 0.0628. The molecule has 1 aromatic rings. The molecule has 3 atom stereocenters. The number of thiophene rings is 1. The minimum atomic E-state index is -0.0731. The SMILES string of the molecule is CCCCCC(C)N1C(=O)C(C)NC1c1ccc(C)s1. The monoisotopic (exact) mass is 294 g/mol. The van der Waals surface area contributed by atoms with Crippen LogP contribution in [0.15, 0.2) is 12.1 Å². The number of aryl methyl sites for hydroxylation is 1. The summed E-state index contributed by atoms with van der Waals surface area (Å²) in [5.41, 5.74) is 0. The largest absolute Gasteiger partial charge is 0.318 e. The van der Waals surface area contributed by atoms with E-state index in [-0.39, 0.29) is 18.1 Å². The lowest BCUT2D eigenvalue weighted by Gasteiger charge is -2.30. The maximum atomic E-state index is 12.4. The molecule has 1 N–H and O–H groups in total. The molecule has 3 unspecified atom stereocenters. The second-order valence-corrected chi connectivity index (χ2v) is 7.15. The third-order valence-corrected chi connectivity index (χ3v) is 5.10. The van der Waals surface area contributed by atoms with Crippen LogP contribution in [-0.4, -0.2) is 22.9 Å².